The summed E-state index contributed by atoms with van der Waals surface area (Å²) < 4.78 is 6.29. The van der Waals surface area contributed by atoms with Crippen LogP contribution in [0.1, 0.15) is 26.3 Å². The highest BCUT2D eigenvalue weighted by molar-refractivity contribution is 9.10. The highest BCUT2D eigenvalue weighted by atomic mass is 79.9. The largest absolute Gasteiger partial charge is 0.483 e. The van der Waals surface area contributed by atoms with Crippen LogP contribution in [0.15, 0.2) is 40.9 Å². The number of amides is 2. The zero-order valence-corrected chi connectivity index (χ0v) is 21.3. The number of carbonyl (C=O) groups excluding carboxylic acids is 2. The van der Waals surface area contributed by atoms with Gasteiger partial charge in [-0.25, -0.2) is 0 Å². The number of nitrogens with one attached hydrogen (secondary N) is 1. The third-order valence-electron chi connectivity index (χ3n) is 4.49. The van der Waals surface area contributed by atoms with Gasteiger partial charge >= 0.3 is 0 Å². The van der Waals surface area contributed by atoms with E-state index in [1.807, 2.05) is 13.8 Å². The number of nitrogens with zero attached hydrogens (tertiary/aromatic N) is 1. The number of rotatable bonds is 9. The monoisotopic (exact) mass is 548 g/mol. The molecule has 0 saturated heterocycles. The molecule has 0 spiro atoms. The molecule has 31 heavy (non-hydrogen) atoms. The van der Waals surface area contributed by atoms with Crippen LogP contribution in [0.4, 0.5) is 0 Å². The number of benzene rings is 2. The topological polar surface area (TPSA) is 58.6 Å². The van der Waals surface area contributed by atoms with E-state index in [9.17, 15) is 9.59 Å². The third kappa shape index (κ3) is 7.56. The van der Waals surface area contributed by atoms with Crippen molar-refractivity contribution in [2.75, 3.05) is 13.2 Å². The lowest BCUT2D eigenvalue weighted by molar-refractivity contribution is -0.142. The predicted octanol–water partition coefficient (Wildman–Crippen LogP) is 5.98. The van der Waals surface area contributed by atoms with E-state index in [-0.39, 0.29) is 30.9 Å². The summed E-state index contributed by atoms with van der Waals surface area (Å²) in [5, 5.41) is 4.23. The molecule has 0 heterocycles. The molecule has 1 N–H and O–H groups in total. The number of carbonyl (C=O) groups is 2. The molecule has 0 aliphatic heterocycles. The van der Waals surface area contributed by atoms with Gasteiger partial charge < -0.3 is 15.0 Å². The first-order chi connectivity index (χ1) is 14.6. The van der Waals surface area contributed by atoms with Gasteiger partial charge in [0.1, 0.15) is 11.8 Å². The van der Waals surface area contributed by atoms with E-state index in [2.05, 4.69) is 21.2 Å². The zero-order chi connectivity index (χ0) is 23.1. The molecule has 0 aliphatic carbocycles. The van der Waals surface area contributed by atoms with Gasteiger partial charge in [-0.3, -0.25) is 9.59 Å². The Hall–Kier alpha value is -1.47. The van der Waals surface area contributed by atoms with Crippen LogP contribution in [0.2, 0.25) is 15.1 Å². The van der Waals surface area contributed by atoms with Crippen LogP contribution in [0.3, 0.4) is 0 Å². The minimum atomic E-state index is -0.754. The number of halogens is 4. The quantitative estimate of drug-likeness (QED) is 0.418. The smallest absolute Gasteiger partial charge is 0.261 e. The molecule has 0 radical (unpaired) electrons. The normalized spacial score (nSPS) is 11.9. The predicted molar refractivity (Wildman–Crippen MR) is 129 cm³/mol. The highest BCUT2D eigenvalue weighted by Crippen LogP contribution is 2.29. The van der Waals surface area contributed by atoms with Gasteiger partial charge in [-0.2, -0.15) is 0 Å². The second-order valence-electron chi connectivity index (χ2n) is 7.40. The van der Waals surface area contributed by atoms with Crippen LogP contribution in [0.25, 0.3) is 0 Å². The summed E-state index contributed by atoms with van der Waals surface area (Å²) in [5.74, 6) is 0.0947. The molecule has 2 rings (SSSR count). The van der Waals surface area contributed by atoms with Crippen LogP contribution in [-0.2, 0) is 16.1 Å². The molecule has 0 fully saturated rings. The third-order valence-corrected chi connectivity index (χ3v) is 6.05. The Bertz CT molecular complexity index is 920. The second kappa shape index (κ2) is 12.0. The van der Waals surface area contributed by atoms with Gasteiger partial charge in [0.2, 0.25) is 5.91 Å². The first-order valence-corrected chi connectivity index (χ1v) is 11.6. The first kappa shape index (κ1) is 25.8. The van der Waals surface area contributed by atoms with Crippen molar-refractivity contribution < 1.29 is 14.3 Å². The van der Waals surface area contributed by atoms with Gasteiger partial charge in [0, 0.05) is 33.7 Å². The SMILES string of the molecule is CC(C)CNC(=O)[C@@H](C)N(Cc1c(Cl)cccc1Cl)C(=O)COc1ccc(Cl)cc1Br. The summed E-state index contributed by atoms with van der Waals surface area (Å²) in [5.41, 5.74) is 0.565. The summed E-state index contributed by atoms with van der Waals surface area (Å²) >= 11 is 21.9. The Morgan fingerprint density at radius 2 is 1.74 bits per heavy atom. The summed E-state index contributed by atoms with van der Waals surface area (Å²) in [7, 11) is 0. The lowest BCUT2D eigenvalue weighted by Gasteiger charge is -2.29. The summed E-state index contributed by atoms with van der Waals surface area (Å²) in [6.45, 7) is 5.95. The van der Waals surface area contributed by atoms with E-state index in [0.29, 0.717) is 37.4 Å². The fourth-order valence-corrected chi connectivity index (χ4v) is 4.02. The molecule has 2 amide bonds. The maximum atomic E-state index is 13.1. The molecule has 0 bridgehead atoms. The first-order valence-electron chi connectivity index (χ1n) is 9.68. The van der Waals surface area contributed by atoms with Crippen molar-refractivity contribution in [1.82, 2.24) is 10.2 Å². The molecule has 9 heteroatoms. The number of hydrogen-bond acceptors (Lipinski definition) is 3. The molecule has 0 aromatic heterocycles. The van der Waals surface area contributed by atoms with E-state index >= 15 is 0 Å². The molecule has 168 valence electrons. The van der Waals surface area contributed by atoms with Crippen LogP contribution >= 0.6 is 50.7 Å². The van der Waals surface area contributed by atoms with Crippen molar-refractivity contribution in [1.29, 1.82) is 0 Å². The van der Waals surface area contributed by atoms with Gasteiger partial charge in [0.05, 0.1) is 4.47 Å². The Balaban J connectivity index is 2.22. The van der Waals surface area contributed by atoms with Gasteiger partial charge in [-0.15, -0.1) is 0 Å². The van der Waals surface area contributed by atoms with Crippen molar-refractivity contribution in [2.24, 2.45) is 5.92 Å². The van der Waals surface area contributed by atoms with Crippen LogP contribution in [0, 0.1) is 5.92 Å². The second-order valence-corrected chi connectivity index (χ2v) is 9.51. The van der Waals surface area contributed by atoms with Gasteiger partial charge in [-0.05, 0) is 59.1 Å². The molecule has 5 nitrogen and oxygen atoms in total. The fourth-order valence-electron chi connectivity index (χ4n) is 2.70. The summed E-state index contributed by atoms with van der Waals surface area (Å²) in [6.07, 6.45) is 0. The van der Waals surface area contributed by atoms with Gasteiger partial charge in [0.15, 0.2) is 6.61 Å². The fraction of sp³-hybridized carbons (Fsp3) is 0.364. The minimum Gasteiger partial charge on any atom is -0.483 e. The minimum absolute atomic E-state index is 0.0682. The van der Waals surface area contributed by atoms with E-state index < -0.39 is 6.04 Å². The van der Waals surface area contributed by atoms with Crippen LogP contribution in [-0.4, -0.2) is 35.9 Å². The molecule has 1 atom stereocenters. The average Bonchev–Trinajstić information content (AvgIpc) is 2.70. The molecular weight excluding hydrogens is 527 g/mol. The number of hydrogen-bond donors (Lipinski definition) is 1. The van der Waals surface area contributed by atoms with Crippen molar-refractivity contribution in [3.05, 3.63) is 61.5 Å². The van der Waals surface area contributed by atoms with E-state index in [1.165, 1.54) is 4.90 Å². The molecule has 0 saturated carbocycles. The number of ether oxygens (including phenoxy) is 1. The Morgan fingerprint density at radius 1 is 1.10 bits per heavy atom. The standard InChI is InChI=1S/C22H24BrCl3N2O3/c1-13(2)10-27-22(30)14(3)28(11-16-18(25)5-4-6-19(16)26)21(29)12-31-20-8-7-15(24)9-17(20)23/h4-9,13-14H,10-12H2,1-3H3,(H,27,30)/t14-/m1/s1. The average molecular weight is 551 g/mol. The highest BCUT2D eigenvalue weighted by Gasteiger charge is 2.28. The molecule has 2 aromatic rings. The maximum Gasteiger partial charge on any atom is 0.261 e. The van der Waals surface area contributed by atoms with E-state index in [0.717, 1.165) is 0 Å². The van der Waals surface area contributed by atoms with Crippen molar-refractivity contribution in [2.45, 2.75) is 33.4 Å². The maximum absolute atomic E-state index is 13.1. The summed E-state index contributed by atoms with van der Waals surface area (Å²) in [4.78, 5) is 27.2. The Kier molecular flexibility index (Phi) is 9.94. The zero-order valence-electron chi connectivity index (χ0n) is 17.4. The van der Waals surface area contributed by atoms with Crippen LogP contribution < -0.4 is 10.1 Å². The van der Waals surface area contributed by atoms with Crippen molar-refractivity contribution >= 4 is 62.5 Å². The Labute approximate surface area is 206 Å². The van der Waals surface area contributed by atoms with Gasteiger partial charge in [0.25, 0.3) is 5.91 Å². The lowest BCUT2D eigenvalue weighted by Crippen LogP contribution is -2.49. The van der Waals surface area contributed by atoms with Gasteiger partial charge in [-0.1, -0.05) is 54.7 Å². The molecule has 2 aromatic carbocycles. The van der Waals surface area contributed by atoms with Crippen molar-refractivity contribution in [3.8, 4) is 5.75 Å². The van der Waals surface area contributed by atoms with Crippen LogP contribution in [0.5, 0.6) is 5.75 Å². The lowest BCUT2D eigenvalue weighted by atomic mass is 10.1. The molecular formula is C22H24BrCl3N2O3. The molecule has 0 unspecified atom stereocenters. The Morgan fingerprint density at radius 3 is 2.32 bits per heavy atom. The van der Waals surface area contributed by atoms with E-state index in [4.69, 9.17) is 39.5 Å². The van der Waals surface area contributed by atoms with Crippen molar-refractivity contribution in [3.63, 3.8) is 0 Å². The van der Waals surface area contributed by atoms with E-state index in [1.54, 1.807) is 43.3 Å². The molecule has 0 aliphatic rings. The summed E-state index contributed by atoms with van der Waals surface area (Å²) in [6, 6.07) is 9.34.